The highest BCUT2D eigenvalue weighted by Gasteiger charge is 2.14. The molecule has 0 aliphatic heterocycles. The highest BCUT2D eigenvalue weighted by Crippen LogP contribution is 2.20. The molecule has 0 aromatic heterocycles. The van der Waals surface area contributed by atoms with E-state index in [1.165, 1.54) is 18.2 Å². The van der Waals surface area contributed by atoms with Crippen LogP contribution in [-0.4, -0.2) is 5.91 Å². The normalized spacial score (nSPS) is 11.9. The fourth-order valence-electron chi connectivity index (χ4n) is 1.83. The Hall–Kier alpha value is -2.07. The van der Waals surface area contributed by atoms with Crippen LogP contribution in [0.4, 0.5) is 10.1 Å². The number of hydrogen-bond donors (Lipinski definition) is 2. The molecule has 0 radical (unpaired) electrons. The number of halogens is 2. The number of nitrogens with one attached hydrogen (secondary N) is 1. The predicted octanol–water partition coefficient (Wildman–Crippen LogP) is 3.55. The molecule has 20 heavy (non-hydrogen) atoms. The van der Waals surface area contributed by atoms with Crippen LogP contribution >= 0.6 is 11.6 Å². The molecule has 104 valence electrons. The molecule has 0 saturated heterocycles. The lowest BCUT2D eigenvalue weighted by Gasteiger charge is -2.15. The third kappa shape index (κ3) is 3.27. The van der Waals surface area contributed by atoms with Gasteiger partial charge in [-0.15, -0.1) is 0 Å². The molecule has 0 aliphatic carbocycles. The third-order valence-corrected chi connectivity index (χ3v) is 3.28. The average Bonchev–Trinajstić information content (AvgIpc) is 2.42. The number of hydrogen-bond acceptors (Lipinski definition) is 2. The van der Waals surface area contributed by atoms with Gasteiger partial charge in [-0.1, -0.05) is 23.7 Å². The topological polar surface area (TPSA) is 55.1 Å². The van der Waals surface area contributed by atoms with Gasteiger partial charge in [-0.3, -0.25) is 4.79 Å². The number of benzene rings is 2. The monoisotopic (exact) mass is 292 g/mol. The molecular weight excluding hydrogens is 279 g/mol. The zero-order valence-corrected chi connectivity index (χ0v) is 11.6. The molecule has 2 rings (SSSR count). The van der Waals surface area contributed by atoms with E-state index in [0.29, 0.717) is 16.3 Å². The summed E-state index contributed by atoms with van der Waals surface area (Å²) >= 11 is 5.98. The highest BCUT2D eigenvalue weighted by molar-refractivity contribution is 6.34. The van der Waals surface area contributed by atoms with Gasteiger partial charge in [0.05, 0.1) is 16.6 Å². The van der Waals surface area contributed by atoms with Crippen LogP contribution in [0.5, 0.6) is 0 Å². The minimum absolute atomic E-state index is 0.263. The number of nitrogen functional groups attached to an aromatic ring is 1. The van der Waals surface area contributed by atoms with Gasteiger partial charge >= 0.3 is 0 Å². The summed E-state index contributed by atoms with van der Waals surface area (Å²) in [6, 6.07) is 10.4. The predicted molar refractivity (Wildman–Crippen MR) is 78.1 cm³/mol. The van der Waals surface area contributed by atoms with E-state index in [9.17, 15) is 9.18 Å². The Kier molecular flexibility index (Phi) is 4.25. The van der Waals surface area contributed by atoms with Crippen molar-refractivity contribution in [2.24, 2.45) is 0 Å². The SMILES string of the molecule is CC(NC(=O)c1cc(N)ccc1Cl)c1ccc(F)cc1. The Morgan fingerprint density at radius 3 is 2.55 bits per heavy atom. The number of rotatable bonds is 3. The van der Waals surface area contributed by atoms with Crippen molar-refractivity contribution >= 4 is 23.2 Å². The number of carbonyl (C=O) groups excluding carboxylic acids is 1. The Balaban J connectivity index is 2.15. The van der Waals surface area contributed by atoms with Gasteiger partial charge in [0.1, 0.15) is 5.82 Å². The molecule has 3 N–H and O–H groups in total. The number of carbonyl (C=O) groups is 1. The van der Waals surface area contributed by atoms with Crippen LogP contribution in [0.3, 0.4) is 0 Å². The van der Waals surface area contributed by atoms with Gasteiger partial charge < -0.3 is 11.1 Å². The second-order valence-corrected chi connectivity index (χ2v) is 4.89. The smallest absolute Gasteiger partial charge is 0.253 e. The summed E-state index contributed by atoms with van der Waals surface area (Å²) in [6.45, 7) is 1.81. The van der Waals surface area contributed by atoms with E-state index < -0.39 is 0 Å². The second kappa shape index (κ2) is 5.92. The summed E-state index contributed by atoms with van der Waals surface area (Å²) in [7, 11) is 0. The van der Waals surface area contributed by atoms with Gasteiger partial charge in [-0.05, 0) is 42.8 Å². The minimum Gasteiger partial charge on any atom is -0.399 e. The van der Waals surface area contributed by atoms with Crippen molar-refractivity contribution in [3.05, 3.63) is 64.4 Å². The summed E-state index contributed by atoms with van der Waals surface area (Å²) in [5.41, 5.74) is 7.24. The average molecular weight is 293 g/mol. The third-order valence-electron chi connectivity index (χ3n) is 2.95. The maximum atomic E-state index is 12.9. The number of nitrogens with two attached hydrogens (primary N) is 1. The standard InChI is InChI=1S/C15H14ClFN2O/c1-9(10-2-4-11(17)5-3-10)19-15(20)13-8-12(18)6-7-14(13)16/h2-9H,18H2,1H3,(H,19,20). The van der Waals surface area contributed by atoms with Crippen LogP contribution in [0.1, 0.15) is 28.9 Å². The van der Waals surface area contributed by atoms with Gasteiger partial charge in [0.15, 0.2) is 0 Å². The Bertz CT molecular complexity index is 628. The Morgan fingerprint density at radius 2 is 1.90 bits per heavy atom. The quantitative estimate of drug-likeness (QED) is 0.850. The second-order valence-electron chi connectivity index (χ2n) is 4.49. The van der Waals surface area contributed by atoms with E-state index in [4.69, 9.17) is 17.3 Å². The zero-order valence-electron chi connectivity index (χ0n) is 10.9. The fraction of sp³-hybridized carbons (Fsp3) is 0.133. The summed E-state index contributed by atoms with van der Waals surface area (Å²) in [6.07, 6.45) is 0. The van der Waals surface area contributed by atoms with Crippen LogP contribution in [0.25, 0.3) is 0 Å². The molecule has 1 amide bonds. The van der Waals surface area contributed by atoms with Crippen molar-refractivity contribution in [3.8, 4) is 0 Å². The molecule has 3 nitrogen and oxygen atoms in total. The first-order valence-electron chi connectivity index (χ1n) is 6.08. The van der Waals surface area contributed by atoms with Crippen LogP contribution in [0.2, 0.25) is 5.02 Å². The molecule has 0 heterocycles. The fourth-order valence-corrected chi connectivity index (χ4v) is 2.03. The Morgan fingerprint density at radius 1 is 1.25 bits per heavy atom. The molecule has 0 saturated carbocycles. The molecule has 0 aliphatic rings. The lowest BCUT2D eigenvalue weighted by Crippen LogP contribution is -2.27. The van der Waals surface area contributed by atoms with E-state index in [0.717, 1.165) is 5.56 Å². The highest BCUT2D eigenvalue weighted by atomic mass is 35.5. The molecule has 0 bridgehead atoms. The van der Waals surface area contributed by atoms with Gasteiger partial charge in [-0.2, -0.15) is 0 Å². The van der Waals surface area contributed by atoms with E-state index in [1.54, 1.807) is 24.3 Å². The molecule has 5 heteroatoms. The molecule has 0 fully saturated rings. The van der Waals surface area contributed by atoms with Crippen molar-refractivity contribution in [2.45, 2.75) is 13.0 Å². The largest absolute Gasteiger partial charge is 0.399 e. The van der Waals surface area contributed by atoms with E-state index >= 15 is 0 Å². The maximum absolute atomic E-state index is 12.9. The van der Waals surface area contributed by atoms with E-state index in [2.05, 4.69) is 5.32 Å². The van der Waals surface area contributed by atoms with Gasteiger partial charge in [0.2, 0.25) is 0 Å². The summed E-state index contributed by atoms with van der Waals surface area (Å²) < 4.78 is 12.9. The molecule has 0 spiro atoms. The molecular formula is C15H14ClFN2O. The molecule has 1 unspecified atom stereocenters. The summed E-state index contributed by atoms with van der Waals surface area (Å²) in [5, 5.41) is 3.13. The van der Waals surface area contributed by atoms with Gasteiger partial charge in [-0.25, -0.2) is 4.39 Å². The van der Waals surface area contributed by atoms with Crippen molar-refractivity contribution in [3.63, 3.8) is 0 Å². The van der Waals surface area contributed by atoms with Crippen LogP contribution in [0.15, 0.2) is 42.5 Å². The van der Waals surface area contributed by atoms with E-state index in [-0.39, 0.29) is 17.8 Å². The molecule has 2 aromatic carbocycles. The first-order chi connectivity index (χ1) is 9.47. The zero-order chi connectivity index (χ0) is 14.7. The first kappa shape index (κ1) is 14.3. The van der Waals surface area contributed by atoms with Crippen molar-refractivity contribution in [1.82, 2.24) is 5.32 Å². The van der Waals surface area contributed by atoms with Gasteiger partial charge in [0.25, 0.3) is 5.91 Å². The van der Waals surface area contributed by atoms with Gasteiger partial charge in [0, 0.05) is 5.69 Å². The van der Waals surface area contributed by atoms with Crippen molar-refractivity contribution in [1.29, 1.82) is 0 Å². The van der Waals surface area contributed by atoms with Crippen LogP contribution in [-0.2, 0) is 0 Å². The van der Waals surface area contributed by atoms with Crippen LogP contribution in [0, 0.1) is 5.82 Å². The lowest BCUT2D eigenvalue weighted by molar-refractivity contribution is 0.0940. The van der Waals surface area contributed by atoms with Crippen LogP contribution < -0.4 is 11.1 Å². The summed E-state index contributed by atoms with van der Waals surface area (Å²) in [5.74, 6) is -0.634. The van der Waals surface area contributed by atoms with Crippen molar-refractivity contribution in [2.75, 3.05) is 5.73 Å². The molecule has 2 aromatic rings. The number of amides is 1. The first-order valence-corrected chi connectivity index (χ1v) is 6.46. The van der Waals surface area contributed by atoms with Crippen molar-refractivity contribution < 1.29 is 9.18 Å². The summed E-state index contributed by atoms with van der Waals surface area (Å²) in [4.78, 5) is 12.1. The molecule has 1 atom stereocenters. The van der Waals surface area contributed by atoms with E-state index in [1.807, 2.05) is 6.92 Å². The minimum atomic E-state index is -0.320. The lowest BCUT2D eigenvalue weighted by atomic mass is 10.1. The number of anilines is 1. The maximum Gasteiger partial charge on any atom is 0.253 e. The Labute approximate surface area is 121 Å².